The van der Waals surface area contributed by atoms with Crippen LogP contribution in [0.3, 0.4) is 0 Å². The van der Waals surface area contributed by atoms with Crippen LogP contribution < -0.4 is 0 Å². The van der Waals surface area contributed by atoms with E-state index in [1.165, 1.54) is 12.8 Å². The lowest BCUT2D eigenvalue weighted by Gasteiger charge is -2.00. The van der Waals surface area contributed by atoms with Crippen LogP contribution >= 0.6 is 11.6 Å². The first-order valence-corrected chi connectivity index (χ1v) is 5.78. The van der Waals surface area contributed by atoms with Crippen LogP contribution in [0.2, 0.25) is 5.02 Å². The molecular weight excluding hydrogens is 222 g/mol. The Kier molecular flexibility index (Phi) is 2.21. The van der Waals surface area contributed by atoms with Crippen molar-refractivity contribution in [1.82, 2.24) is 14.8 Å². The molecule has 4 heteroatoms. The van der Waals surface area contributed by atoms with Crippen LogP contribution in [0, 0.1) is 6.92 Å². The molecule has 0 amide bonds. The number of aryl methyl sites for hydroxylation is 1. The van der Waals surface area contributed by atoms with E-state index >= 15 is 0 Å². The van der Waals surface area contributed by atoms with Crippen LogP contribution in [0.1, 0.15) is 24.4 Å². The highest BCUT2D eigenvalue weighted by Crippen LogP contribution is 2.35. The third-order valence-corrected chi connectivity index (χ3v) is 3.26. The molecule has 2 heterocycles. The van der Waals surface area contributed by atoms with Crippen LogP contribution in [0.4, 0.5) is 0 Å². The van der Waals surface area contributed by atoms with E-state index in [0.29, 0.717) is 6.04 Å². The topological polar surface area (TPSA) is 30.7 Å². The van der Waals surface area contributed by atoms with Crippen LogP contribution in [-0.2, 0) is 0 Å². The minimum Gasteiger partial charge on any atom is -0.269 e. The van der Waals surface area contributed by atoms with Gasteiger partial charge in [-0.05, 0) is 31.4 Å². The maximum Gasteiger partial charge on any atom is 0.0748 e. The molecule has 0 N–H and O–H groups in total. The van der Waals surface area contributed by atoms with E-state index in [-0.39, 0.29) is 0 Å². The maximum atomic E-state index is 6.08. The van der Waals surface area contributed by atoms with Crippen LogP contribution in [0.25, 0.3) is 11.3 Å². The van der Waals surface area contributed by atoms with Crippen LogP contribution in [-0.4, -0.2) is 14.8 Å². The van der Waals surface area contributed by atoms with Gasteiger partial charge in [-0.25, -0.2) is 0 Å². The summed E-state index contributed by atoms with van der Waals surface area (Å²) in [5.41, 5.74) is 2.93. The average Bonchev–Trinajstić information content (AvgIpc) is 3.01. The van der Waals surface area contributed by atoms with E-state index in [1.807, 2.05) is 30.1 Å². The number of hydrogen-bond acceptors (Lipinski definition) is 2. The summed E-state index contributed by atoms with van der Waals surface area (Å²) in [6.07, 6.45) is 8.18. The molecule has 0 aliphatic heterocycles. The molecule has 1 fully saturated rings. The van der Waals surface area contributed by atoms with Crippen molar-refractivity contribution in [3.63, 3.8) is 0 Å². The van der Waals surface area contributed by atoms with Gasteiger partial charge < -0.3 is 0 Å². The summed E-state index contributed by atoms with van der Waals surface area (Å²) < 4.78 is 2.02. The van der Waals surface area contributed by atoms with E-state index in [9.17, 15) is 0 Å². The van der Waals surface area contributed by atoms with Gasteiger partial charge in [-0.3, -0.25) is 9.67 Å². The second-order valence-corrected chi connectivity index (χ2v) is 4.67. The molecule has 0 saturated heterocycles. The van der Waals surface area contributed by atoms with Crippen molar-refractivity contribution in [3.05, 3.63) is 35.2 Å². The first-order chi connectivity index (χ1) is 7.74. The molecule has 16 heavy (non-hydrogen) atoms. The van der Waals surface area contributed by atoms with Gasteiger partial charge in [0.15, 0.2) is 0 Å². The highest BCUT2D eigenvalue weighted by molar-refractivity contribution is 6.31. The van der Waals surface area contributed by atoms with Crippen molar-refractivity contribution in [2.24, 2.45) is 0 Å². The Morgan fingerprint density at radius 3 is 2.88 bits per heavy atom. The summed E-state index contributed by atoms with van der Waals surface area (Å²) in [7, 11) is 0. The fraction of sp³-hybridized carbons (Fsp3) is 0.333. The molecule has 1 saturated carbocycles. The minimum atomic E-state index is 0.606. The summed E-state index contributed by atoms with van der Waals surface area (Å²) in [5.74, 6) is 0. The summed E-state index contributed by atoms with van der Waals surface area (Å²) >= 11 is 6.08. The number of hydrogen-bond donors (Lipinski definition) is 0. The Bertz CT molecular complexity index is 529. The highest BCUT2D eigenvalue weighted by Gasteiger charge is 2.24. The standard InChI is InChI=1S/C12H12ClN3/c1-8-5-14-12(4-11(8)13)9-6-15-16(7-9)10-2-3-10/h4-7,10H,2-3H2,1H3. The summed E-state index contributed by atoms with van der Waals surface area (Å²) in [6.45, 7) is 1.95. The third-order valence-electron chi connectivity index (χ3n) is 2.86. The molecule has 2 aromatic heterocycles. The van der Waals surface area contributed by atoms with Gasteiger partial charge in [0.1, 0.15) is 0 Å². The van der Waals surface area contributed by atoms with Gasteiger partial charge >= 0.3 is 0 Å². The summed E-state index contributed by atoms with van der Waals surface area (Å²) in [4.78, 5) is 4.36. The molecule has 2 aromatic rings. The monoisotopic (exact) mass is 233 g/mol. The molecule has 3 rings (SSSR count). The Balaban J connectivity index is 1.97. The highest BCUT2D eigenvalue weighted by atomic mass is 35.5. The number of halogens is 1. The number of aromatic nitrogens is 3. The van der Waals surface area contributed by atoms with Crippen LogP contribution in [0.15, 0.2) is 24.7 Å². The maximum absolute atomic E-state index is 6.08. The molecule has 0 unspecified atom stereocenters. The first-order valence-electron chi connectivity index (χ1n) is 5.41. The van der Waals surface area contributed by atoms with Gasteiger partial charge in [-0.2, -0.15) is 5.10 Å². The Morgan fingerprint density at radius 2 is 2.19 bits per heavy atom. The normalized spacial score (nSPS) is 15.4. The molecule has 1 aliphatic carbocycles. The van der Waals surface area contributed by atoms with Gasteiger partial charge in [0, 0.05) is 23.0 Å². The molecule has 1 aliphatic rings. The van der Waals surface area contributed by atoms with Crippen molar-refractivity contribution in [3.8, 4) is 11.3 Å². The van der Waals surface area contributed by atoms with Gasteiger partial charge in [0.2, 0.25) is 0 Å². The van der Waals surface area contributed by atoms with Gasteiger partial charge in [0.05, 0.1) is 17.9 Å². The van der Waals surface area contributed by atoms with Gasteiger partial charge in [-0.1, -0.05) is 11.6 Å². The summed E-state index contributed by atoms with van der Waals surface area (Å²) in [5, 5.41) is 5.09. The zero-order valence-electron chi connectivity index (χ0n) is 9.02. The zero-order chi connectivity index (χ0) is 11.1. The molecule has 0 aromatic carbocycles. The predicted octanol–water partition coefficient (Wildman–Crippen LogP) is 3.24. The second-order valence-electron chi connectivity index (χ2n) is 4.26. The average molecular weight is 234 g/mol. The van der Waals surface area contributed by atoms with Crippen molar-refractivity contribution >= 4 is 11.6 Å². The Labute approximate surface area is 99.1 Å². The lowest BCUT2D eigenvalue weighted by atomic mass is 10.2. The smallest absolute Gasteiger partial charge is 0.0748 e. The zero-order valence-corrected chi connectivity index (χ0v) is 9.78. The van der Waals surface area contributed by atoms with Crippen molar-refractivity contribution in [2.45, 2.75) is 25.8 Å². The van der Waals surface area contributed by atoms with E-state index in [1.54, 1.807) is 6.20 Å². The fourth-order valence-corrected chi connectivity index (χ4v) is 1.82. The van der Waals surface area contributed by atoms with Gasteiger partial charge in [-0.15, -0.1) is 0 Å². The first kappa shape index (κ1) is 9.85. The molecule has 3 nitrogen and oxygen atoms in total. The predicted molar refractivity (Wildman–Crippen MR) is 63.5 cm³/mol. The van der Waals surface area contributed by atoms with E-state index < -0.39 is 0 Å². The Morgan fingerprint density at radius 1 is 1.38 bits per heavy atom. The Hall–Kier alpha value is -1.35. The van der Waals surface area contributed by atoms with Gasteiger partial charge in [0.25, 0.3) is 0 Å². The SMILES string of the molecule is Cc1cnc(-c2cnn(C3CC3)c2)cc1Cl. The van der Waals surface area contributed by atoms with Crippen LogP contribution in [0.5, 0.6) is 0 Å². The molecule has 0 spiro atoms. The number of nitrogens with zero attached hydrogens (tertiary/aromatic N) is 3. The molecule has 82 valence electrons. The van der Waals surface area contributed by atoms with E-state index in [2.05, 4.69) is 10.1 Å². The van der Waals surface area contributed by atoms with E-state index in [4.69, 9.17) is 11.6 Å². The molecule has 0 radical (unpaired) electrons. The molecule has 0 bridgehead atoms. The largest absolute Gasteiger partial charge is 0.269 e. The molecular formula is C12H12ClN3. The van der Waals surface area contributed by atoms with E-state index in [0.717, 1.165) is 21.8 Å². The number of rotatable bonds is 2. The quantitative estimate of drug-likeness (QED) is 0.797. The lowest BCUT2D eigenvalue weighted by Crippen LogP contribution is -1.92. The third kappa shape index (κ3) is 1.71. The number of pyridine rings is 1. The fourth-order valence-electron chi connectivity index (χ4n) is 1.67. The second kappa shape index (κ2) is 3.59. The minimum absolute atomic E-state index is 0.606. The lowest BCUT2D eigenvalue weighted by molar-refractivity contribution is 0.642. The summed E-state index contributed by atoms with van der Waals surface area (Å²) in [6, 6.07) is 2.50. The molecule has 0 atom stereocenters. The van der Waals surface area contributed by atoms with Crippen molar-refractivity contribution < 1.29 is 0 Å². The van der Waals surface area contributed by atoms with Crippen molar-refractivity contribution in [2.75, 3.05) is 0 Å². The van der Waals surface area contributed by atoms with Crippen molar-refractivity contribution in [1.29, 1.82) is 0 Å².